The Morgan fingerprint density at radius 1 is 0.732 bits per heavy atom. The number of benzene rings is 5. The van der Waals surface area contributed by atoms with E-state index in [9.17, 15) is 4.79 Å². The molecule has 0 fully saturated rings. The molecule has 1 aliphatic carbocycles. The molecule has 204 valence electrons. The van der Waals surface area contributed by atoms with Gasteiger partial charge >= 0.3 is 0 Å². The second-order valence-electron chi connectivity index (χ2n) is 12.0. The van der Waals surface area contributed by atoms with Gasteiger partial charge in [-0.2, -0.15) is 0 Å². The normalized spacial score (nSPS) is 15.2. The molecule has 41 heavy (non-hydrogen) atoms. The van der Waals surface area contributed by atoms with E-state index < -0.39 is 5.41 Å². The Labute approximate surface area is 243 Å². The first-order valence-electron chi connectivity index (χ1n) is 14.9. The van der Waals surface area contributed by atoms with Crippen LogP contribution in [-0.2, 0) is 0 Å². The fourth-order valence-electron chi connectivity index (χ4n) is 6.89. The third kappa shape index (κ3) is 4.54. The molecule has 0 amide bonds. The van der Waals surface area contributed by atoms with E-state index in [1.807, 2.05) is 18.2 Å². The van der Waals surface area contributed by atoms with Crippen LogP contribution in [0.3, 0.4) is 0 Å². The number of hydrogen-bond donors (Lipinski definition) is 0. The van der Waals surface area contributed by atoms with Crippen LogP contribution in [0.2, 0.25) is 0 Å². The zero-order chi connectivity index (χ0) is 28.9. The summed E-state index contributed by atoms with van der Waals surface area (Å²) in [4.78, 5) is 14.4. The van der Waals surface area contributed by atoms with Crippen molar-refractivity contribution in [1.29, 1.82) is 0 Å². The van der Waals surface area contributed by atoms with E-state index >= 15 is 0 Å². The van der Waals surface area contributed by atoms with Gasteiger partial charge in [0.05, 0.1) is 0 Å². The molecule has 0 aromatic heterocycles. The summed E-state index contributed by atoms with van der Waals surface area (Å²) in [5.74, 6) is 0.486. The van der Waals surface area contributed by atoms with E-state index in [4.69, 9.17) is 0 Å². The lowest BCUT2D eigenvalue weighted by atomic mass is 9.71. The molecule has 0 heterocycles. The van der Waals surface area contributed by atoms with Crippen LogP contribution in [-0.4, -0.2) is 5.78 Å². The van der Waals surface area contributed by atoms with E-state index in [1.54, 1.807) is 0 Å². The fraction of sp³-hybridized carbons (Fsp3) is 0.225. The molecule has 0 saturated heterocycles. The van der Waals surface area contributed by atoms with E-state index in [1.165, 1.54) is 32.5 Å². The summed E-state index contributed by atoms with van der Waals surface area (Å²) in [6.45, 7) is 16.9. The highest BCUT2D eigenvalue weighted by molar-refractivity contribution is 6.10. The third-order valence-corrected chi connectivity index (χ3v) is 9.35. The number of ketones is 1. The van der Waals surface area contributed by atoms with Crippen molar-refractivity contribution in [2.45, 2.75) is 46.5 Å². The third-order valence-electron chi connectivity index (χ3n) is 9.35. The van der Waals surface area contributed by atoms with Gasteiger partial charge in [-0.25, -0.2) is 0 Å². The second-order valence-corrected chi connectivity index (χ2v) is 12.0. The van der Waals surface area contributed by atoms with Gasteiger partial charge in [-0.3, -0.25) is 4.79 Å². The molecule has 0 radical (unpaired) electrons. The van der Waals surface area contributed by atoms with E-state index in [0.717, 1.165) is 45.4 Å². The molecule has 5 aromatic rings. The maximum Gasteiger partial charge on any atom is 0.167 e. The number of Topliss-reactive ketones (excluding diaryl/α,β-unsaturated/α-hetero) is 1. The lowest BCUT2D eigenvalue weighted by Crippen LogP contribution is -2.32. The van der Waals surface area contributed by atoms with Gasteiger partial charge < -0.3 is 0 Å². The number of hydrogen-bond acceptors (Lipinski definition) is 1. The Morgan fingerprint density at radius 3 is 1.80 bits per heavy atom. The molecule has 0 aliphatic heterocycles. The zero-order valence-corrected chi connectivity index (χ0v) is 24.6. The fourth-order valence-corrected chi connectivity index (χ4v) is 6.89. The molecule has 2 atom stereocenters. The van der Waals surface area contributed by atoms with Crippen LogP contribution in [0.25, 0.3) is 56.6 Å². The van der Waals surface area contributed by atoms with Crippen LogP contribution < -0.4 is 10.4 Å². The van der Waals surface area contributed by atoms with Gasteiger partial charge in [-0.05, 0) is 109 Å². The Hall–Kier alpha value is -4.23. The zero-order valence-electron chi connectivity index (χ0n) is 24.6. The first-order chi connectivity index (χ1) is 19.8. The predicted octanol–water partition coefficient (Wildman–Crippen LogP) is 9.44. The van der Waals surface area contributed by atoms with Gasteiger partial charge in [0.15, 0.2) is 5.78 Å². The van der Waals surface area contributed by atoms with Crippen LogP contribution in [0.5, 0.6) is 0 Å². The van der Waals surface area contributed by atoms with Crippen LogP contribution in [0, 0.1) is 11.3 Å². The van der Waals surface area contributed by atoms with Crippen molar-refractivity contribution in [3.8, 4) is 0 Å². The molecular weight excluding hydrogens is 496 g/mol. The maximum absolute atomic E-state index is 14.4. The highest BCUT2D eigenvalue weighted by Gasteiger charge is 2.36. The number of fused-ring (bicyclic) bond motifs is 1. The van der Waals surface area contributed by atoms with Gasteiger partial charge in [0.25, 0.3) is 0 Å². The highest BCUT2D eigenvalue weighted by Crippen LogP contribution is 2.39. The quantitative estimate of drug-likeness (QED) is 0.143. The average Bonchev–Trinajstić information content (AvgIpc) is 3.12. The van der Waals surface area contributed by atoms with Gasteiger partial charge in [-0.1, -0.05) is 108 Å². The standard InChI is InChI=1S/C40H38O/c1-7-25(5)28-11-12-30-22-33(16-13-29(30)21-28)39(41)36(10-4)40(6)23-34-19-26(8-2)17-31-14-15-32-18-27(9-3)20-35(24-40)38(32)37(31)34/h8-9,11-25,36H,2-3,7,10H2,1,4-6H3. The van der Waals surface area contributed by atoms with Gasteiger partial charge in [0.1, 0.15) is 0 Å². The van der Waals surface area contributed by atoms with Crippen molar-refractivity contribution in [2.24, 2.45) is 11.3 Å². The first kappa shape index (κ1) is 27.0. The van der Waals surface area contributed by atoms with Crippen molar-refractivity contribution >= 4 is 62.4 Å². The van der Waals surface area contributed by atoms with E-state index in [0.29, 0.717) is 5.92 Å². The minimum absolute atomic E-state index is 0.189. The summed E-state index contributed by atoms with van der Waals surface area (Å²) < 4.78 is 0. The van der Waals surface area contributed by atoms with Crippen LogP contribution >= 0.6 is 0 Å². The Bertz CT molecular complexity index is 1920. The molecule has 0 saturated carbocycles. The molecule has 1 heteroatoms. The topological polar surface area (TPSA) is 17.1 Å². The summed E-state index contributed by atoms with van der Waals surface area (Å²) in [5.41, 5.74) is 3.80. The Balaban J connectivity index is 1.55. The van der Waals surface area contributed by atoms with E-state index in [2.05, 4.69) is 120 Å². The summed E-state index contributed by atoms with van der Waals surface area (Å²) in [6, 6.07) is 26.1. The lowest BCUT2D eigenvalue weighted by Gasteiger charge is -2.31. The van der Waals surface area contributed by atoms with Crippen molar-refractivity contribution < 1.29 is 4.79 Å². The summed E-state index contributed by atoms with van der Waals surface area (Å²) >= 11 is 0. The molecule has 5 aromatic carbocycles. The molecule has 2 unspecified atom stereocenters. The predicted molar refractivity (Wildman–Crippen MR) is 179 cm³/mol. The number of carbonyl (C=O) groups is 1. The van der Waals surface area contributed by atoms with Crippen molar-refractivity contribution in [2.75, 3.05) is 0 Å². The first-order valence-corrected chi connectivity index (χ1v) is 14.9. The smallest absolute Gasteiger partial charge is 0.167 e. The minimum atomic E-state index is -0.500. The minimum Gasteiger partial charge on any atom is -0.294 e. The largest absolute Gasteiger partial charge is 0.294 e. The monoisotopic (exact) mass is 534 g/mol. The summed E-state index contributed by atoms with van der Waals surface area (Å²) in [7, 11) is 0. The van der Waals surface area contributed by atoms with Crippen molar-refractivity contribution in [1.82, 2.24) is 0 Å². The number of rotatable bonds is 8. The molecule has 6 rings (SSSR count). The van der Waals surface area contributed by atoms with E-state index in [-0.39, 0.29) is 11.7 Å². The summed E-state index contributed by atoms with van der Waals surface area (Å²) in [5, 5.41) is 9.49. The molecule has 1 nitrogen and oxygen atoms in total. The molecule has 0 bridgehead atoms. The van der Waals surface area contributed by atoms with Gasteiger partial charge in [0.2, 0.25) is 0 Å². The van der Waals surface area contributed by atoms with Crippen LogP contribution in [0.1, 0.15) is 73.5 Å². The van der Waals surface area contributed by atoms with Crippen molar-refractivity contribution in [3.63, 3.8) is 0 Å². The molecule has 1 aliphatic rings. The molecular formula is C40H38O. The van der Waals surface area contributed by atoms with Crippen molar-refractivity contribution in [3.05, 3.63) is 119 Å². The summed E-state index contributed by atoms with van der Waals surface area (Å²) in [6.07, 6.45) is 10.3. The van der Waals surface area contributed by atoms with Crippen LogP contribution in [0.15, 0.2) is 86.0 Å². The lowest BCUT2D eigenvalue weighted by molar-refractivity contribution is 0.0873. The molecule has 0 N–H and O–H groups in total. The maximum atomic E-state index is 14.4. The number of carbonyl (C=O) groups excluding carboxylic acids is 1. The highest BCUT2D eigenvalue weighted by atomic mass is 16.1. The second kappa shape index (κ2) is 10.3. The average molecular weight is 535 g/mol. The Morgan fingerprint density at radius 2 is 1.27 bits per heavy atom. The SMILES string of the molecule is C=Cc1cc2c3c(ccc4cc(C=C)cc(c43)=CC(C)(C(CC)C(=O)c3ccc4cc(C(C)CC)ccc4c3)C=2)c1. The Kier molecular flexibility index (Phi) is 6.78. The van der Waals surface area contributed by atoms with Gasteiger partial charge in [-0.15, -0.1) is 0 Å². The van der Waals surface area contributed by atoms with Crippen LogP contribution in [0.4, 0.5) is 0 Å². The van der Waals surface area contributed by atoms with Gasteiger partial charge in [0, 0.05) is 16.9 Å². The molecule has 0 spiro atoms.